The van der Waals surface area contributed by atoms with Crippen LogP contribution in [0.15, 0.2) is 51.8 Å². The second-order valence-corrected chi connectivity index (χ2v) is 8.57. The minimum absolute atomic E-state index is 0.0514. The van der Waals surface area contributed by atoms with Crippen LogP contribution in [0.4, 0.5) is 5.69 Å². The van der Waals surface area contributed by atoms with Gasteiger partial charge in [0.1, 0.15) is 16.2 Å². The number of methoxy groups -OCH3 is 2. The number of ether oxygens (including phenoxy) is 2. The average molecular weight is 418 g/mol. The van der Waals surface area contributed by atoms with Gasteiger partial charge in [-0.2, -0.15) is 0 Å². The number of benzene rings is 2. The SMILES string of the molecule is COCc1c(C(=O)Nc2ccc(OC)c(S(=O)(=O)N(C)C)c2)oc2ccccc12. The number of hydrogen-bond donors (Lipinski definition) is 1. The van der Waals surface area contributed by atoms with Gasteiger partial charge in [0.2, 0.25) is 10.0 Å². The Kier molecular flexibility index (Phi) is 5.92. The van der Waals surface area contributed by atoms with E-state index in [-0.39, 0.29) is 23.0 Å². The van der Waals surface area contributed by atoms with Crippen molar-refractivity contribution in [3.8, 4) is 5.75 Å². The van der Waals surface area contributed by atoms with E-state index in [2.05, 4.69) is 5.32 Å². The van der Waals surface area contributed by atoms with Gasteiger partial charge in [-0.25, -0.2) is 12.7 Å². The topological polar surface area (TPSA) is 98.1 Å². The van der Waals surface area contributed by atoms with Crippen LogP contribution in [0.2, 0.25) is 0 Å². The monoisotopic (exact) mass is 418 g/mol. The third-order valence-electron chi connectivity index (χ3n) is 4.37. The fourth-order valence-electron chi connectivity index (χ4n) is 2.91. The smallest absolute Gasteiger partial charge is 0.291 e. The summed E-state index contributed by atoms with van der Waals surface area (Å²) < 4.78 is 42.3. The van der Waals surface area contributed by atoms with Gasteiger partial charge in [0.15, 0.2) is 5.76 Å². The minimum Gasteiger partial charge on any atom is -0.495 e. The summed E-state index contributed by atoms with van der Waals surface area (Å²) in [5.41, 5.74) is 1.48. The summed E-state index contributed by atoms with van der Waals surface area (Å²) in [5, 5.41) is 3.48. The van der Waals surface area contributed by atoms with E-state index in [4.69, 9.17) is 13.9 Å². The molecular formula is C20H22N2O6S. The van der Waals surface area contributed by atoms with Crippen LogP contribution in [0.3, 0.4) is 0 Å². The number of fused-ring (bicyclic) bond motifs is 1. The highest BCUT2D eigenvalue weighted by Crippen LogP contribution is 2.30. The second kappa shape index (κ2) is 8.24. The van der Waals surface area contributed by atoms with E-state index in [1.54, 1.807) is 12.1 Å². The summed E-state index contributed by atoms with van der Waals surface area (Å²) in [4.78, 5) is 12.8. The zero-order chi connectivity index (χ0) is 21.2. The van der Waals surface area contributed by atoms with Gasteiger partial charge in [-0.15, -0.1) is 0 Å². The molecule has 3 rings (SSSR count). The molecule has 1 heterocycles. The summed E-state index contributed by atoms with van der Waals surface area (Å²) >= 11 is 0. The number of para-hydroxylation sites is 1. The Morgan fingerprint density at radius 2 is 1.86 bits per heavy atom. The van der Waals surface area contributed by atoms with Crippen molar-refractivity contribution in [1.29, 1.82) is 0 Å². The van der Waals surface area contributed by atoms with Crippen LogP contribution >= 0.6 is 0 Å². The number of nitrogens with one attached hydrogen (secondary N) is 1. The predicted molar refractivity (Wildman–Crippen MR) is 109 cm³/mol. The normalized spacial score (nSPS) is 11.8. The molecule has 0 bridgehead atoms. The molecule has 8 nitrogen and oxygen atoms in total. The quantitative estimate of drug-likeness (QED) is 0.633. The lowest BCUT2D eigenvalue weighted by Gasteiger charge is -2.15. The number of rotatable bonds is 7. The van der Waals surface area contributed by atoms with Gasteiger partial charge in [-0.05, 0) is 24.3 Å². The Hall–Kier alpha value is -2.88. The van der Waals surface area contributed by atoms with Crippen LogP contribution in [0.1, 0.15) is 16.1 Å². The molecule has 0 aliphatic carbocycles. The van der Waals surface area contributed by atoms with E-state index in [0.717, 1.165) is 9.69 Å². The number of furan rings is 1. The number of hydrogen-bond acceptors (Lipinski definition) is 6. The van der Waals surface area contributed by atoms with Crippen LogP contribution in [-0.4, -0.2) is 46.9 Å². The lowest BCUT2D eigenvalue weighted by atomic mass is 10.1. The fourth-order valence-corrected chi connectivity index (χ4v) is 3.99. The van der Waals surface area contributed by atoms with Crippen molar-refractivity contribution in [2.45, 2.75) is 11.5 Å². The zero-order valence-electron chi connectivity index (χ0n) is 16.6. The summed E-state index contributed by atoms with van der Waals surface area (Å²) in [6.07, 6.45) is 0. The number of anilines is 1. The Balaban J connectivity index is 2.00. The Morgan fingerprint density at radius 3 is 2.52 bits per heavy atom. The fraction of sp³-hybridized carbons (Fsp3) is 0.250. The third-order valence-corrected chi connectivity index (χ3v) is 6.21. The van der Waals surface area contributed by atoms with Gasteiger partial charge in [-0.1, -0.05) is 18.2 Å². The van der Waals surface area contributed by atoms with Gasteiger partial charge in [-0.3, -0.25) is 4.79 Å². The van der Waals surface area contributed by atoms with E-state index in [9.17, 15) is 13.2 Å². The highest BCUT2D eigenvalue weighted by atomic mass is 32.2. The molecule has 0 unspecified atom stereocenters. The van der Waals surface area contributed by atoms with Crippen molar-refractivity contribution in [3.05, 3.63) is 53.8 Å². The highest BCUT2D eigenvalue weighted by molar-refractivity contribution is 7.89. The number of carbonyl (C=O) groups is 1. The van der Waals surface area contributed by atoms with Gasteiger partial charge in [0.25, 0.3) is 5.91 Å². The molecule has 0 radical (unpaired) electrons. The standard InChI is InChI=1S/C20H22N2O6S/c1-22(2)29(24,25)18-11-13(9-10-17(18)27-4)21-20(23)19-15(12-26-3)14-7-5-6-8-16(14)28-19/h5-11H,12H2,1-4H3,(H,21,23). The number of amides is 1. The van der Waals surface area contributed by atoms with Gasteiger partial charge < -0.3 is 19.2 Å². The van der Waals surface area contributed by atoms with Gasteiger partial charge >= 0.3 is 0 Å². The third kappa shape index (κ3) is 3.98. The van der Waals surface area contributed by atoms with Crippen molar-refractivity contribution in [2.24, 2.45) is 0 Å². The second-order valence-electron chi connectivity index (χ2n) is 6.45. The molecule has 3 aromatic rings. The first kappa shape index (κ1) is 20.8. The van der Waals surface area contributed by atoms with Crippen LogP contribution in [-0.2, 0) is 21.4 Å². The van der Waals surface area contributed by atoms with Crippen molar-refractivity contribution < 1.29 is 27.1 Å². The molecular weight excluding hydrogens is 396 g/mol. The number of nitrogens with zero attached hydrogens (tertiary/aromatic N) is 1. The Bertz CT molecular complexity index is 1150. The maximum atomic E-state index is 12.9. The lowest BCUT2D eigenvalue weighted by Crippen LogP contribution is -2.23. The predicted octanol–water partition coefficient (Wildman–Crippen LogP) is 3.09. The van der Waals surface area contributed by atoms with Crippen molar-refractivity contribution in [3.63, 3.8) is 0 Å². The van der Waals surface area contributed by atoms with Crippen LogP contribution < -0.4 is 10.1 Å². The molecule has 0 saturated carbocycles. The van der Waals surface area contributed by atoms with Crippen molar-refractivity contribution in [1.82, 2.24) is 4.31 Å². The van der Waals surface area contributed by atoms with Crippen molar-refractivity contribution in [2.75, 3.05) is 33.6 Å². The first-order valence-electron chi connectivity index (χ1n) is 8.71. The summed E-state index contributed by atoms with van der Waals surface area (Å²) in [6.45, 7) is 0.197. The van der Waals surface area contributed by atoms with E-state index in [1.165, 1.54) is 40.4 Å². The Labute approximate surface area is 169 Å². The molecule has 1 amide bonds. The minimum atomic E-state index is -3.77. The maximum absolute atomic E-state index is 12.9. The molecule has 1 N–H and O–H groups in total. The van der Waals surface area contributed by atoms with Gasteiger partial charge in [0, 0.05) is 37.8 Å². The molecule has 0 saturated heterocycles. The molecule has 9 heteroatoms. The van der Waals surface area contributed by atoms with Crippen molar-refractivity contribution >= 4 is 32.6 Å². The average Bonchev–Trinajstić information content (AvgIpc) is 3.07. The molecule has 1 aromatic heterocycles. The molecule has 0 spiro atoms. The Morgan fingerprint density at radius 1 is 1.14 bits per heavy atom. The van der Waals surface area contributed by atoms with Crippen LogP contribution in [0.25, 0.3) is 11.0 Å². The van der Waals surface area contributed by atoms with E-state index < -0.39 is 15.9 Å². The lowest BCUT2D eigenvalue weighted by molar-refractivity contribution is 0.0992. The van der Waals surface area contributed by atoms with E-state index in [1.807, 2.05) is 18.2 Å². The zero-order valence-corrected chi connectivity index (χ0v) is 17.4. The molecule has 0 aliphatic rings. The molecule has 0 aliphatic heterocycles. The summed E-state index contributed by atoms with van der Waals surface area (Å²) in [5.74, 6) is -0.215. The number of sulfonamides is 1. The first-order valence-corrected chi connectivity index (χ1v) is 10.1. The highest BCUT2D eigenvalue weighted by Gasteiger charge is 2.24. The van der Waals surface area contributed by atoms with E-state index in [0.29, 0.717) is 16.8 Å². The van der Waals surface area contributed by atoms with E-state index >= 15 is 0 Å². The number of carbonyl (C=O) groups excluding carboxylic acids is 1. The van der Waals surface area contributed by atoms with Crippen LogP contribution in [0, 0.1) is 0 Å². The first-order chi connectivity index (χ1) is 13.8. The summed E-state index contributed by atoms with van der Waals surface area (Å²) in [7, 11) is 1.99. The van der Waals surface area contributed by atoms with Crippen LogP contribution in [0.5, 0.6) is 5.75 Å². The largest absolute Gasteiger partial charge is 0.495 e. The molecule has 0 atom stereocenters. The maximum Gasteiger partial charge on any atom is 0.291 e. The molecule has 2 aromatic carbocycles. The summed E-state index contributed by atoms with van der Waals surface area (Å²) in [6, 6.07) is 11.7. The molecule has 29 heavy (non-hydrogen) atoms. The molecule has 0 fully saturated rings. The molecule has 154 valence electrons. The van der Waals surface area contributed by atoms with Gasteiger partial charge in [0.05, 0.1) is 13.7 Å².